The predicted octanol–water partition coefficient (Wildman–Crippen LogP) is 2.01. The van der Waals surface area contributed by atoms with Crippen molar-refractivity contribution in [2.45, 2.75) is 6.92 Å². The van der Waals surface area contributed by atoms with Crippen molar-refractivity contribution < 1.29 is 4.74 Å². The van der Waals surface area contributed by atoms with E-state index in [4.69, 9.17) is 10.5 Å². The van der Waals surface area contributed by atoms with Crippen LogP contribution in [-0.2, 0) is 0 Å². The van der Waals surface area contributed by atoms with E-state index in [-0.39, 0.29) is 5.11 Å². The van der Waals surface area contributed by atoms with E-state index >= 15 is 0 Å². The molecule has 0 aromatic heterocycles. The molecule has 0 fully saturated rings. The van der Waals surface area contributed by atoms with Crippen LogP contribution in [0.25, 0.3) is 0 Å². The van der Waals surface area contributed by atoms with Crippen LogP contribution in [0.5, 0.6) is 5.75 Å². The summed E-state index contributed by atoms with van der Waals surface area (Å²) in [6.07, 6.45) is 1.62. The predicted molar refractivity (Wildman–Crippen MR) is 72.8 cm³/mol. The lowest BCUT2D eigenvalue weighted by molar-refractivity contribution is 0.338. The maximum Gasteiger partial charge on any atom is 0.184 e. The summed E-state index contributed by atoms with van der Waals surface area (Å²) in [5.74, 6) is 0.807. The summed E-state index contributed by atoms with van der Waals surface area (Å²) in [5.41, 5.74) is 8.63. The summed E-state index contributed by atoms with van der Waals surface area (Å²) >= 11 is 8.03. The van der Waals surface area contributed by atoms with Gasteiger partial charge in [0, 0.05) is 0 Å². The lowest BCUT2D eigenvalue weighted by atomic mass is 10.2. The summed E-state index contributed by atoms with van der Waals surface area (Å²) in [6, 6.07) is 5.66. The number of rotatable bonds is 4. The molecule has 0 radical (unpaired) electrons. The van der Waals surface area contributed by atoms with E-state index in [1.54, 1.807) is 6.21 Å². The van der Waals surface area contributed by atoms with Gasteiger partial charge >= 0.3 is 0 Å². The quantitative estimate of drug-likeness (QED) is 0.507. The average Bonchev–Trinajstić information content (AvgIpc) is 2.21. The maximum atomic E-state index is 5.39. The molecule has 0 aliphatic rings. The first-order valence-corrected chi connectivity index (χ1v) is 5.84. The van der Waals surface area contributed by atoms with Crippen LogP contribution in [0.2, 0.25) is 0 Å². The molecule has 0 aliphatic heterocycles. The topological polar surface area (TPSA) is 59.6 Å². The van der Waals surface area contributed by atoms with Gasteiger partial charge in [0.1, 0.15) is 5.75 Å². The number of nitrogens with one attached hydrogen (secondary N) is 1. The van der Waals surface area contributed by atoms with Gasteiger partial charge in [0.15, 0.2) is 5.11 Å². The van der Waals surface area contributed by atoms with Crippen LogP contribution >= 0.6 is 28.1 Å². The highest BCUT2D eigenvalue weighted by molar-refractivity contribution is 9.10. The second-order valence-corrected chi connectivity index (χ2v) is 4.15. The molecule has 0 aliphatic carbocycles. The molecule has 0 atom stereocenters. The summed E-state index contributed by atoms with van der Waals surface area (Å²) in [5, 5.41) is 4.00. The van der Waals surface area contributed by atoms with E-state index in [2.05, 4.69) is 38.7 Å². The zero-order valence-corrected chi connectivity index (χ0v) is 11.1. The van der Waals surface area contributed by atoms with E-state index in [9.17, 15) is 0 Å². The third-order valence-electron chi connectivity index (χ3n) is 1.64. The lowest BCUT2D eigenvalue weighted by Crippen LogP contribution is -2.23. The Labute approximate surface area is 108 Å². The molecule has 0 spiro atoms. The van der Waals surface area contributed by atoms with E-state index in [0.717, 1.165) is 15.8 Å². The Hall–Kier alpha value is -1.14. The Balaban J connectivity index is 2.73. The second-order valence-electron chi connectivity index (χ2n) is 2.86. The Bertz CT molecular complexity index is 409. The molecule has 16 heavy (non-hydrogen) atoms. The van der Waals surface area contributed by atoms with Gasteiger partial charge in [0.2, 0.25) is 0 Å². The summed E-state index contributed by atoms with van der Waals surface area (Å²) in [6.45, 7) is 2.57. The molecule has 1 aromatic rings. The zero-order chi connectivity index (χ0) is 12.0. The van der Waals surface area contributed by atoms with Gasteiger partial charge in [-0.2, -0.15) is 5.10 Å². The van der Waals surface area contributed by atoms with Gasteiger partial charge in [-0.25, -0.2) is 0 Å². The molecule has 6 heteroatoms. The van der Waals surface area contributed by atoms with E-state index in [1.165, 1.54) is 0 Å². The number of hydrazone groups is 1. The summed E-state index contributed by atoms with van der Waals surface area (Å²) in [4.78, 5) is 0. The van der Waals surface area contributed by atoms with Crippen LogP contribution in [0, 0.1) is 0 Å². The van der Waals surface area contributed by atoms with Crippen molar-refractivity contribution >= 4 is 39.5 Å². The van der Waals surface area contributed by atoms with Crippen LogP contribution in [0.1, 0.15) is 12.5 Å². The summed E-state index contributed by atoms with van der Waals surface area (Å²) < 4.78 is 6.27. The van der Waals surface area contributed by atoms with Crippen LogP contribution in [0.15, 0.2) is 27.8 Å². The maximum absolute atomic E-state index is 5.39. The highest BCUT2D eigenvalue weighted by atomic mass is 79.9. The monoisotopic (exact) mass is 301 g/mol. The number of ether oxygens (including phenoxy) is 1. The van der Waals surface area contributed by atoms with Crippen LogP contribution < -0.4 is 15.9 Å². The van der Waals surface area contributed by atoms with Crippen molar-refractivity contribution in [1.82, 2.24) is 5.43 Å². The zero-order valence-electron chi connectivity index (χ0n) is 8.74. The van der Waals surface area contributed by atoms with Crippen LogP contribution in [0.4, 0.5) is 0 Å². The standard InChI is InChI=1S/C10H12BrN3OS/c1-2-15-9-4-3-7(5-8(9)11)6-13-14-10(12)16/h3-6H,2H2,1H3,(H3,12,14,16). The molecule has 3 N–H and O–H groups in total. The van der Waals surface area contributed by atoms with E-state index in [0.29, 0.717) is 6.61 Å². The van der Waals surface area contributed by atoms with Gasteiger partial charge in [0.25, 0.3) is 0 Å². The molecule has 1 aromatic carbocycles. The Morgan fingerprint density at radius 1 is 1.69 bits per heavy atom. The lowest BCUT2D eigenvalue weighted by Gasteiger charge is -2.05. The SMILES string of the molecule is CCOc1ccc(C=NNC(N)=S)cc1Br. The molecular weight excluding hydrogens is 290 g/mol. The Morgan fingerprint density at radius 2 is 2.44 bits per heavy atom. The fraction of sp³-hybridized carbons (Fsp3) is 0.200. The molecule has 0 saturated carbocycles. The molecule has 0 heterocycles. The van der Waals surface area contributed by atoms with Crippen LogP contribution in [0.3, 0.4) is 0 Å². The van der Waals surface area contributed by atoms with Crippen molar-refractivity contribution in [1.29, 1.82) is 0 Å². The number of thiocarbonyl (C=S) groups is 1. The number of nitrogens with zero attached hydrogens (tertiary/aromatic N) is 1. The molecule has 0 amide bonds. The smallest absolute Gasteiger partial charge is 0.184 e. The summed E-state index contributed by atoms with van der Waals surface area (Å²) in [7, 11) is 0. The van der Waals surface area contributed by atoms with Gasteiger partial charge in [-0.05, 0) is 58.8 Å². The van der Waals surface area contributed by atoms with Gasteiger partial charge in [-0.3, -0.25) is 5.43 Å². The van der Waals surface area contributed by atoms with Gasteiger partial charge < -0.3 is 10.5 Å². The number of halogens is 1. The third-order valence-corrected chi connectivity index (χ3v) is 2.36. The molecule has 4 nitrogen and oxygen atoms in total. The van der Waals surface area contributed by atoms with E-state index in [1.807, 2.05) is 25.1 Å². The molecule has 1 rings (SSSR count). The number of hydrogen-bond donors (Lipinski definition) is 2. The fourth-order valence-corrected chi connectivity index (χ4v) is 1.60. The van der Waals surface area contributed by atoms with Gasteiger partial charge in [0.05, 0.1) is 17.3 Å². The van der Waals surface area contributed by atoms with E-state index < -0.39 is 0 Å². The Kier molecular flexibility index (Phi) is 5.21. The highest BCUT2D eigenvalue weighted by Gasteiger charge is 2.00. The molecule has 0 saturated heterocycles. The number of nitrogens with two attached hydrogens (primary N) is 1. The third kappa shape index (κ3) is 4.16. The van der Waals surface area contributed by atoms with Crippen molar-refractivity contribution in [3.63, 3.8) is 0 Å². The first-order chi connectivity index (χ1) is 7.63. The molecule has 0 unspecified atom stereocenters. The largest absolute Gasteiger partial charge is 0.493 e. The molecule has 86 valence electrons. The molecule has 0 bridgehead atoms. The van der Waals surface area contributed by atoms with Gasteiger partial charge in [-0.1, -0.05) is 0 Å². The normalized spacial score (nSPS) is 10.4. The minimum atomic E-state index is 0.140. The number of benzene rings is 1. The first-order valence-electron chi connectivity index (χ1n) is 4.64. The first kappa shape index (κ1) is 12.9. The Morgan fingerprint density at radius 3 is 3.00 bits per heavy atom. The van der Waals surface area contributed by atoms with Crippen molar-refractivity contribution in [2.75, 3.05) is 6.61 Å². The van der Waals surface area contributed by atoms with Gasteiger partial charge in [-0.15, -0.1) is 0 Å². The number of hydrogen-bond acceptors (Lipinski definition) is 3. The highest BCUT2D eigenvalue weighted by Crippen LogP contribution is 2.25. The fourth-order valence-electron chi connectivity index (χ4n) is 1.04. The van der Waals surface area contributed by atoms with Crippen LogP contribution in [-0.4, -0.2) is 17.9 Å². The molecular formula is C10H12BrN3OS. The van der Waals surface area contributed by atoms with Crippen molar-refractivity contribution in [3.8, 4) is 5.75 Å². The second kappa shape index (κ2) is 6.44. The van der Waals surface area contributed by atoms with Crippen molar-refractivity contribution in [3.05, 3.63) is 28.2 Å². The minimum absolute atomic E-state index is 0.140. The minimum Gasteiger partial charge on any atom is -0.493 e. The van der Waals surface area contributed by atoms with Crippen molar-refractivity contribution in [2.24, 2.45) is 10.8 Å². The average molecular weight is 302 g/mol.